The Morgan fingerprint density at radius 1 is 1.21 bits per heavy atom. The maximum absolute atomic E-state index is 12.4. The highest BCUT2D eigenvalue weighted by atomic mass is 16.5. The number of amides is 1. The van der Waals surface area contributed by atoms with Crippen LogP contribution in [0.3, 0.4) is 0 Å². The van der Waals surface area contributed by atoms with Crippen LogP contribution in [0.1, 0.15) is 5.56 Å². The van der Waals surface area contributed by atoms with Gasteiger partial charge in [-0.25, -0.2) is 0 Å². The molecule has 1 amide bonds. The lowest BCUT2D eigenvalue weighted by molar-refractivity contribution is -0.134. The monoisotopic (exact) mass is 336 g/mol. The molecular weight excluding hydrogens is 308 g/mol. The number of methoxy groups -OCH3 is 3. The number of benzene rings is 1. The molecule has 1 heterocycles. The minimum absolute atomic E-state index is 0.0239. The van der Waals surface area contributed by atoms with Gasteiger partial charge in [0.05, 0.1) is 26.7 Å². The molecule has 0 bridgehead atoms. The predicted octanol–water partition coefficient (Wildman–Crippen LogP) is 1.49. The summed E-state index contributed by atoms with van der Waals surface area (Å²) < 4.78 is 16.0. The van der Waals surface area contributed by atoms with E-state index in [0.29, 0.717) is 6.61 Å². The van der Waals surface area contributed by atoms with Crippen LogP contribution in [-0.4, -0.2) is 70.8 Å². The fourth-order valence-electron chi connectivity index (χ4n) is 3.31. The van der Waals surface area contributed by atoms with E-state index in [1.165, 1.54) is 0 Å². The van der Waals surface area contributed by atoms with Crippen LogP contribution >= 0.6 is 0 Å². The van der Waals surface area contributed by atoms with Crippen molar-refractivity contribution in [1.82, 2.24) is 9.80 Å². The van der Waals surface area contributed by atoms with Crippen LogP contribution in [0.4, 0.5) is 0 Å². The van der Waals surface area contributed by atoms with Crippen LogP contribution in [0.5, 0.6) is 11.5 Å². The van der Waals surface area contributed by atoms with Gasteiger partial charge in [0.15, 0.2) is 0 Å². The van der Waals surface area contributed by atoms with E-state index in [9.17, 15) is 4.79 Å². The molecule has 2 atom stereocenters. The number of carbonyl (C=O) groups excluding carboxylic acids is 1. The molecule has 0 radical (unpaired) electrons. The van der Waals surface area contributed by atoms with Crippen molar-refractivity contribution in [3.05, 3.63) is 23.8 Å². The first-order valence-corrected chi connectivity index (χ1v) is 8.13. The van der Waals surface area contributed by atoms with Crippen LogP contribution in [0.25, 0.3) is 0 Å². The van der Waals surface area contributed by atoms with Crippen molar-refractivity contribution >= 4 is 5.91 Å². The summed E-state index contributed by atoms with van der Waals surface area (Å²) in [4.78, 5) is 16.4. The van der Waals surface area contributed by atoms with Crippen molar-refractivity contribution in [3.63, 3.8) is 0 Å². The first-order chi connectivity index (χ1) is 11.5. The molecule has 0 aromatic heterocycles. The number of rotatable bonds is 7. The average molecular weight is 336 g/mol. The molecule has 0 saturated carbocycles. The molecule has 1 fully saturated rings. The smallest absolute Gasteiger partial charge is 0.226 e. The molecule has 0 N–H and O–H groups in total. The van der Waals surface area contributed by atoms with Crippen molar-refractivity contribution in [2.75, 3.05) is 55.1 Å². The van der Waals surface area contributed by atoms with E-state index in [0.717, 1.165) is 36.7 Å². The lowest BCUT2D eigenvalue weighted by Crippen LogP contribution is -2.35. The molecule has 1 aliphatic heterocycles. The Kier molecular flexibility index (Phi) is 6.45. The average Bonchev–Trinajstić information content (AvgIpc) is 2.97. The van der Waals surface area contributed by atoms with E-state index in [4.69, 9.17) is 14.2 Å². The Morgan fingerprint density at radius 2 is 1.96 bits per heavy atom. The third-order valence-electron chi connectivity index (χ3n) is 4.54. The minimum Gasteiger partial charge on any atom is -0.497 e. The molecule has 1 aliphatic rings. The van der Waals surface area contributed by atoms with Gasteiger partial charge in [-0.2, -0.15) is 0 Å². The molecule has 2 rings (SSSR count). The number of ether oxygens (including phenoxy) is 3. The first kappa shape index (κ1) is 18.5. The summed E-state index contributed by atoms with van der Waals surface area (Å²) in [5.74, 6) is 1.94. The topological polar surface area (TPSA) is 51.2 Å². The zero-order chi connectivity index (χ0) is 17.7. The summed E-state index contributed by atoms with van der Waals surface area (Å²) in [7, 11) is 8.60. The van der Waals surface area contributed by atoms with Crippen LogP contribution in [0.15, 0.2) is 18.2 Å². The largest absolute Gasteiger partial charge is 0.497 e. The van der Waals surface area contributed by atoms with Crippen molar-refractivity contribution in [3.8, 4) is 11.5 Å². The van der Waals surface area contributed by atoms with Crippen molar-refractivity contribution in [2.45, 2.75) is 6.54 Å². The maximum atomic E-state index is 12.4. The lowest BCUT2D eigenvalue weighted by atomic mass is 9.96. The summed E-state index contributed by atoms with van der Waals surface area (Å²) in [6, 6.07) is 5.84. The van der Waals surface area contributed by atoms with Gasteiger partial charge in [-0.1, -0.05) is 6.07 Å². The van der Waals surface area contributed by atoms with Crippen LogP contribution in [-0.2, 0) is 16.1 Å². The molecule has 0 unspecified atom stereocenters. The summed E-state index contributed by atoms with van der Waals surface area (Å²) in [5.41, 5.74) is 1.09. The molecule has 0 aliphatic carbocycles. The van der Waals surface area contributed by atoms with Gasteiger partial charge in [0.1, 0.15) is 11.5 Å². The van der Waals surface area contributed by atoms with E-state index >= 15 is 0 Å². The Labute approximate surface area is 144 Å². The van der Waals surface area contributed by atoms with Gasteiger partial charge in [0.25, 0.3) is 0 Å². The number of likely N-dealkylation sites (tertiary alicyclic amines) is 1. The van der Waals surface area contributed by atoms with Gasteiger partial charge in [0, 0.05) is 58.4 Å². The maximum Gasteiger partial charge on any atom is 0.226 e. The molecule has 1 aromatic carbocycles. The Morgan fingerprint density at radius 3 is 2.54 bits per heavy atom. The second-order valence-electron chi connectivity index (χ2n) is 6.43. The molecule has 24 heavy (non-hydrogen) atoms. The third-order valence-corrected chi connectivity index (χ3v) is 4.54. The number of carbonyl (C=O) groups is 1. The Bertz CT molecular complexity index is 562. The number of hydrogen-bond acceptors (Lipinski definition) is 5. The second kappa shape index (κ2) is 8.35. The van der Waals surface area contributed by atoms with Gasteiger partial charge in [-0.3, -0.25) is 9.69 Å². The Balaban J connectivity index is 2.12. The number of nitrogens with zero attached hydrogens (tertiary/aromatic N) is 2. The summed E-state index contributed by atoms with van der Waals surface area (Å²) in [6.07, 6.45) is 0. The third kappa shape index (κ3) is 4.19. The summed E-state index contributed by atoms with van der Waals surface area (Å²) in [6.45, 7) is 2.92. The van der Waals surface area contributed by atoms with Crippen LogP contribution in [0, 0.1) is 11.8 Å². The Hall–Kier alpha value is -1.79. The van der Waals surface area contributed by atoms with Crippen LogP contribution in [0.2, 0.25) is 0 Å². The summed E-state index contributed by atoms with van der Waals surface area (Å²) in [5, 5.41) is 0. The van der Waals surface area contributed by atoms with Gasteiger partial charge >= 0.3 is 0 Å². The van der Waals surface area contributed by atoms with Crippen LogP contribution < -0.4 is 9.47 Å². The van der Waals surface area contributed by atoms with Gasteiger partial charge in [-0.15, -0.1) is 0 Å². The first-order valence-electron chi connectivity index (χ1n) is 8.13. The number of hydrogen-bond donors (Lipinski definition) is 0. The second-order valence-corrected chi connectivity index (χ2v) is 6.43. The van der Waals surface area contributed by atoms with E-state index in [-0.39, 0.29) is 17.7 Å². The van der Waals surface area contributed by atoms with E-state index in [1.807, 2.05) is 18.2 Å². The molecule has 6 heteroatoms. The lowest BCUT2D eigenvalue weighted by Gasteiger charge is -2.20. The van der Waals surface area contributed by atoms with E-state index < -0.39 is 0 Å². The van der Waals surface area contributed by atoms with E-state index in [2.05, 4.69) is 4.90 Å². The standard InChI is InChI=1S/C18H28N2O4/c1-19(2)18(21)16-11-20(10-14(16)12-22-3)9-13-6-7-15(23-4)8-17(13)24-5/h6-8,14,16H,9-12H2,1-5H3/t14-,16+/m0/s1. The van der Waals surface area contributed by atoms with Crippen molar-refractivity contribution < 1.29 is 19.0 Å². The predicted molar refractivity (Wildman–Crippen MR) is 92.4 cm³/mol. The van der Waals surface area contributed by atoms with Crippen molar-refractivity contribution in [1.29, 1.82) is 0 Å². The normalized spacial score (nSPS) is 20.9. The molecular formula is C18H28N2O4. The fraction of sp³-hybridized carbons (Fsp3) is 0.611. The minimum atomic E-state index is -0.0239. The molecule has 6 nitrogen and oxygen atoms in total. The van der Waals surface area contributed by atoms with E-state index in [1.54, 1.807) is 40.3 Å². The van der Waals surface area contributed by atoms with Gasteiger partial charge < -0.3 is 19.1 Å². The fourth-order valence-corrected chi connectivity index (χ4v) is 3.31. The highest BCUT2D eigenvalue weighted by Crippen LogP contribution is 2.30. The molecule has 1 saturated heterocycles. The van der Waals surface area contributed by atoms with Gasteiger partial charge in [-0.05, 0) is 6.07 Å². The van der Waals surface area contributed by atoms with Gasteiger partial charge in [0.2, 0.25) is 5.91 Å². The molecule has 134 valence electrons. The highest BCUT2D eigenvalue weighted by molar-refractivity contribution is 5.79. The SMILES string of the molecule is COC[C@@H]1CN(Cc2ccc(OC)cc2OC)C[C@H]1C(=O)N(C)C. The molecule has 1 aromatic rings. The zero-order valence-electron chi connectivity index (χ0n) is 15.2. The summed E-state index contributed by atoms with van der Waals surface area (Å²) >= 11 is 0. The zero-order valence-corrected chi connectivity index (χ0v) is 15.2. The molecule has 0 spiro atoms. The van der Waals surface area contributed by atoms with Crippen molar-refractivity contribution in [2.24, 2.45) is 11.8 Å². The highest BCUT2D eigenvalue weighted by Gasteiger charge is 2.38. The quantitative estimate of drug-likeness (QED) is 0.755.